The van der Waals surface area contributed by atoms with Crippen LogP contribution >= 0.6 is 23.2 Å². The molecule has 8 heteroatoms. The number of carbonyl (C=O) groups excluding carboxylic acids is 1. The molecule has 156 valence electrons. The van der Waals surface area contributed by atoms with E-state index in [0.717, 1.165) is 11.3 Å². The van der Waals surface area contributed by atoms with Crippen molar-refractivity contribution in [3.05, 3.63) is 100 Å². The maximum absolute atomic E-state index is 12.8. The van der Waals surface area contributed by atoms with Gasteiger partial charge in [0.05, 0.1) is 21.4 Å². The fourth-order valence-electron chi connectivity index (χ4n) is 3.03. The number of pyridine rings is 1. The minimum atomic E-state index is -0.610. The highest BCUT2D eigenvalue weighted by Gasteiger charge is 2.16. The fraction of sp³-hybridized carbons (Fsp3) is 0. The van der Waals surface area contributed by atoms with Crippen LogP contribution in [0.2, 0.25) is 10.0 Å². The van der Waals surface area contributed by atoms with Gasteiger partial charge < -0.3 is 5.32 Å². The predicted octanol–water partition coefficient (Wildman–Crippen LogP) is 5.79. The predicted molar refractivity (Wildman–Crippen MR) is 125 cm³/mol. The number of anilines is 1. The van der Waals surface area contributed by atoms with Crippen molar-refractivity contribution in [3.63, 3.8) is 0 Å². The molecule has 0 spiro atoms. The molecule has 0 bridgehead atoms. The number of carbonyl (C=O) groups is 1. The van der Waals surface area contributed by atoms with Gasteiger partial charge in [0.15, 0.2) is 0 Å². The summed E-state index contributed by atoms with van der Waals surface area (Å²) in [5, 5.41) is 17.5. The molecule has 4 aromatic rings. The zero-order valence-electron chi connectivity index (χ0n) is 16.5. The molecule has 1 amide bonds. The second-order valence-electron chi connectivity index (χ2n) is 6.68. The van der Waals surface area contributed by atoms with Gasteiger partial charge in [-0.1, -0.05) is 47.5 Å². The van der Waals surface area contributed by atoms with Gasteiger partial charge in [0.2, 0.25) is 0 Å². The van der Waals surface area contributed by atoms with Crippen molar-refractivity contribution < 1.29 is 4.79 Å². The molecule has 6 nitrogen and oxygen atoms in total. The van der Waals surface area contributed by atoms with Crippen molar-refractivity contribution >= 4 is 40.9 Å². The zero-order valence-corrected chi connectivity index (χ0v) is 18.0. The Morgan fingerprint density at radius 3 is 2.59 bits per heavy atom. The van der Waals surface area contributed by atoms with Gasteiger partial charge in [-0.05, 0) is 42.5 Å². The number of aromatic nitrogens is 3. The van der Waals surface area contributed by atoms with Crippen LogP contribution in [0.4, 0.5) is 5.69 Å². The van der Waals surface area contributed by atoms with Gasteiger partial charge in [0.25, 0.3) is 5.91 Å². The molecule has 0 saturated heterocycles. The summed E-state index contributed by atoms with van der Waals surface area (Å²) in [5.41, 5.74) is 2.97. The SMILES string of the molecule is N#C/C(=C\c1cn(-c2ccccc2)nc1-c1cccnc1)C(=O)Nc1cccc(Cl)c1Cl. The molecular weight excluding hydrogens is 445 g/mol. The van der Waals surface area contributed by atoms with Crippen LogP contribution in [-0.4, -0.2) is 20.7 Å². The summed E-state index contributed by atoms with van der Waals surface area (Å²) in [4.78, 5) is 16.9. The van der Waals surface area contributed by atoms with E-state index in [9.17, 15) is 10.1 Å². The molecule has 2 heterocycles. The molecule has 0 fully saturated rings. The minimum absolute atomic E-state index is 0.112. The molecule has 2 aromatic heterocycles. The van der Waals surface area contributed by atoms with E-state index >= 15 is 0 Å². The molecule has 0 atom stereocenters. The molecular formula is C24H15Cl2N5O. The van der Waals surface area contributed by atoms with Crippen molar-refractivity contribution in [2.45, 2.75) is 0 Å². The minimum Gasteiger partial charge on any atom is -0.320 e. The lowest BCUT2D eigenvalue weighted by atomic mass is 10.1. The summed E-state index contributed by atoms with van der Waals surface area (Å²) in [7, 11) is 0. The lowest BCUT2D eigenvalue weighted by Gasteiger charge is -2.07. The number of nitrogens with one attached hydrogen (secondary N) is 1. The molecule has 2 aromatic carbocycles. The van der Waals surface area contributed by atoms with Gasteiger partial charge in [-0.25, -0.2) is 4.68 Å². The Labute approximate surface area is 194 Å². The van der Waals surface area contributed by atoms with E-state index in [0.29, 0.717) is 22.0 Å². The molecule has 32 heavy (non-hydrogen) atoms. The zero-order chi connectivity index (χ0) is 22.5. The van der Waals surface area contributed by atoms with E-state index in [1.54, 1.807) is 47.5 Å². The number of hydrogen-bond donors (Lipinski definition) is 1. The van der Waals surface area contributed by atoms with Crippen LogP contribution in [-0.2, 0) is 4.79 Å². The maximum Gasteiger partial charge on any atom is 0.266 e. The lowest BCUT2D eigenvalue weighted by molar-refractivity contribution is -0.112. The average molecular weight is 460 g/mol. The third-order valence-electron chi connectivity index (χ3n) is 4.56. The van der Waals surface area contributed by atoms with Crippen LogP contribution in [0, 0.1) is 11.3 Å². The number of benzene rings is 2. The van der Waals surface area contributed by atoms with Crippen molar-refractivity contribution in [2.24, 2.45) is 0 Å². The average Bonchev–Trinajstić information content (AvgIpc) is 3.25. The highest BCUT2D eigenvalue weighted by molar-refractivity contribution is 6.44. The summed E-state index contributed by atoms with van der Waals surface area (Å²) < 4.78 is 1.69. The summed E-state index contributed by atoms with van der Waals surface area (Å²) >= 11 is 12.2. The van der Waals surface area contributed by atoms with Crippen LogP contribution in [0.15, 0.2) is 84.8 Å². The quantitative estimate of drug-likeness (QED) is 0.302. The number of hydrogen-bond acceptors (Lipinski definition) is 4. The third kappa shape index (κ3) is 4.54. The number of rotatable bonds is 5. The third-order valence-corrected chi connectivity index (χ3v) is 5.38. The van der Waals surface area contributed by atoms with Crippen molar-refractivity contribution in [2.75, 3.05) is 5.32 Å². The van der Waals surface area contributed by atoms with E-state index in [4.69, 9.17) is 23.2 Å². The van der Waals surface area contributed by atoms with Crippen LogP contribution in [0.5, 0.6) is 0 Å². The Morgan fingerprint density at radius 1 is 1.06 bits per heavy atom. The number of amides is 1. The highest BCUT2D eigenvalue weighted by Crippen LogP contribution is 2.30. The molecule has 1 N–H and O–H groups in total. The Bertz CT molecular complexity index is 1340. The van der Waals surface area contributed by atoms with Crippen LogP contribution in [0.25, 0.3) is 23.0 Å². The van der Waals surface area contributed by atoms with E-state index in [-0.39, 0.29) is 10.6 Å². The number of halogens is 2. The van der Waals surface area contributed by atoms with Gasteiger partial charge in [0, 0.05) is 29.7 Å². The number of para-hydroxylation sites is 1. The molecule has 0 aliphatic rings. The Hall–Kier alpha value is -3.92. The van der Waals surface area contributed by atoms with Gasteiger partial charge in [0.1, 0.15) is 17.3 Å². The Morgan fingerprint density at radius 2 is 1.88 bits per heavy atom. The topological polar surface area (TPSA) is 83.6 Å². The largest absolute Gasteiger partial charge is 0.320 e. The summed E-state index contributed by atoms with van der Waals surface area (Å²) in [6.07, 6.45) is 6.58. The molecule has 0 saturated carbocycles. The first kappa shape index (κ1) is 21.3. The monoisotopic (exact) mass is 459 g/mol. The van der Waals surface area contributed by atoms with Crippen LogP contribution < -0.4 is 5.32 Å². The van der Waals surface area contributed by atoms with Gasteiger partial charge in [-0.2, -0.15) is 10.4 Å². The van der Waals surface area contributed by atoms with Crippen LogP contribution in [0.3, 0.4) is 0 Å². The smallest absolute Gasteiger partial charge is 0.266 e. The first-order valence-corrected chi connectivity index (χ1v) is 10.2. The van der Waals surface area contributed by atoms with Gasteiger partial charge >= 0.3 is 0 Å². The molecule has 0 aliphatic heterocycles. The number of nitriles is 1. The standard InChI is InChI=1S/C24H15Cl2N5O/c25-20-9-4-10-21(22(20)26)29-24(32)17(13-27)12-18-15-31(19-7-2-1-3-8-19)30-23(18)16-6-5-11-28-14-16/h1-12,14-15H,(H,29,32)/b17-12+. The first-order valence-electron chi connectivity index (χ1n) is 9.49. The normalized spacial score (nSPS) is 11.1. The Balaban J connectivity index is 1.75. The Kier molecular flexibility index (Phi) is 6.31. The lowest BCUT2D eigenvalue weighted by Crippen LogP contribution is -2.13. The van der Waals surface area contributed by atoms with E-state index in [1.807, 2.05) is 42.5 Å². The second-order valence-corrected chi connectivity index (χ2v) is 7.47. The maximum atomic E-state index is 12.8. The van der Waals surface area contributed by atoms with Crippen LogP contribution in [0.1, 0.15) is 5.56 Å². The van der Waals surface area contributed by atoms with Crippen molar-refractivity contribution in [1.82, 2.24) is 14.8 Å². The first-order chi connectivity index (χ1) is 15.6. The van der Waals surface area contributed by atoms with Crippen molar-refractivity contribution in [3.8, 4) is 23.0 Å². The van der Waals surface area contributed by atoms with E-state index in [2.05, 4.69) is 15.4 Å². The van der Waals surface area contributed by atoms with Gasteiger partial charge in [-0.15, -0.1) is 0 Å². The van der Waals surface area contributed by atoms with E-state index < -0.39 is 5.91 Å². The molecule has 0 aliphatic carbocycles. The summed E-state index contributed by atoms with van der Waals surface area (Å²) in [6, 6.07) is 20.0. The molecule has 0 radical (unpaired) electrons. The second kappa shape index (κ2) is 9.48. The molecule has 0 unspecified atom stereocenters. The summed E-state index contributed by atoms with van der Waals surface area (Å²) in [6.45, 7) is 0. The number of nitrogens with zero attached hydrogens (tertiary/aromatic N) is 4. The van der Waals surface area contributed by atoms with Crippen molar-refractivity contribution in [1.29, 1.82) is 5.26 Å². The highest BCUT2D eigenvalue weighted by atomic mass is 35.5. The van der Waals surface area contributed by atoms with Gasteiger partial charge in [-0.3, -0.25) is 9.78 Å². The van der Waals surface area contributed by atoms with E-state index in [1.165, 1.54) is 6.08 Å². The fourth-order valence-corrected chi connectivity index (χ4v) is 3.37. The summed E-state index contributed by atoms with van der Waals surface area (Å²) in [5.74, 6) is -0.610. The molecule has 4 rings (SSSR count).